The molecule has 0 radical (unpaired) electrons. The summed E-state index contributed by atoms with van der Waals surface area (Å²) in [5.41, 5.74) is 1.85. The lowest BCUT2D eigenvalue weighted by atomic mass is 9.86. The third-order valence-electron chi connectivity index (χ3n) is 5.63. The maximum Gasteiger partial charge on any atom is 0.231 e. The van der Waals surface area contributed by atoms with E-state index >= 15 is 0 Å². The number of methoxy groups -OCH3 is 2. The Bertz CT molecular complexity index is 832. The predicted octanol–water partition coefficient (Wildman–Crippen LogP) is 3.76. The Balaban J connectivity index is 1.72. The Labute approximate surface area is 165 Å². The fraction of sp³-hybridized carbons (Fsp3) is 0.455. The molecule has 2 aliphatic rings. The minimum absolute atomic E-state index is 0.0315. The monoisotopic (exact) mass is 385 g/mol. The summed E-state index contributed by atoms with van der Waals surface area (Å²) >= 11 is 0. The van der Waals surface area contributed by atoms with E-state index in [-0.39, 0.29) is 18.5 Å². The van der Waals surface area contributed by atoms with Crippen LogP contribution in [0.25, 0.3) is 0 Å². The lowest BCUT2D eigenvalue weighted by molar-refractivity contribution is 0.174. The SMILES string of the molecule is COc1cc(O)c([C@H](CCN2CCCC2)c2ccc3c(c2)OCO3)c(OC)c1. The lowest BCUT2D eigenvalue weighted by Crippen LogP contribution is -2.22. The van der Waals surface area contributed by atoms with Crippen LogP contribution < -0.4 is 18.9 Å². The fourth-order valence-corrected chi connectivity index (χ4v) is 4.15. The summed E-state index contributed by atoms with van der Waals surface area (Å²) in [6.45, 7) is 3.49. The molecule has 0 bridgehead atoms. The first-order valence-electron chi connectivity index (χ1n) is 9.76. The average Bonchev–Trinajstić information content (AvgIpc) is 3.39. The van der Waals surface area contributed by atoms with E-state index in [1.54, 1.807) is 20.3 Å². The zero-order valence-corrected chi connectivity index (χ0v) is 16.4. The van der Waals surface area contributed by atoms with Crippen molar-refractivity contribution in [1.29, 1.82) is 0 Å². The molecule has 2 aromatic carbocycles. The van der Waals surface area contributed by atoms with E-state index in [1.165, 1.54) is 12.8 Å². The third-order valence-corrected chi connectivity index (χ3v) is 5.63. The Hall–Kier alpha value is -2.60. The van der Waals surface area contributed by atoms with Gasteiger partial charge in [0.05, 0.1) is 14.2 Å². The number of hydrogen-bond acceptors (Lipinski definition) is 6. The van der Waals surface area contributed by atoms with Crippen LogP contribution in [0.1, 0.15) is 36.3 Å². The van der Waals surface area contributed by atoms with E-state index in [2.05, 4.69) is 4.90 Å². The largest absolute Gasteiger partial charge is 0.507 e. The van der Waals surface area contributed by atoms with Crippen LogP contribution in [0.15, 0.2) is 30.3 Å². The van der Waals surface area contributed by atoms with Crippen molar-refractivity contribution in [3.63, 3.8) is 0 Å². The highest BCUT2D eigenvalue weighted by Gasteiger charge is 2.26. The van der Waals surface area contributed by atoms with Gasteiger partial charge in [-0.05, 0) is 56.6 Å². The lowest BCUT2D eigenvalue weighted by Gasteiger charge is -2.25. The molecule has 1 fully saturated rings. The Morgan fingerprint density at radius 3 is 2.57 bits per heavy atom. The van der Waals surface area contributed by atoms with Crippen LogP contribution in [0.4, 0.5) is 0 Å². The molecule has 150 valence electrons. The topological polar surface area (TPSA) is 60.4 Å². The van der Waals surface area contributed by atoms with Crippen LogP contribution in [-0.2, 0) is 0 Å². The van der Waals surface area contributed by atoms with Gasteiger partial charge in [0.2, 0.25) is 6.79 Å². The molecule has 4 rings (SSSR count). The molecule has 0 aliphatic carbocycles. The number of ether oxygens (including phenoxy) is 4. The van der Waals surface area contributed by atoms with Crippen molar-refractivity contribution >= 4 is 0 Å². The van der Waals surface area contributed by atoms with Crippen molar-refractivity contribution < 1.29 is 24.1 Å². The fourth-order valence-electron chi connectivity index (χ4n) is 4.15. The molecule has 1 N–H and O–H groups in total. The van der Waals surface area contributed by atoms with Gasteiger partial charge in [0.15, 0.2) is 11.5 Å². The van der Waals surface area contributed by atoms with Gasteiger partial charge in [-0.3, -0.25) is 0 Å². The second kappa shape index (κ2) is 8.19. The number of aromatic hydroxyl groups is 1. The summed E-state index contributed by atoms with van der Waals surface area (Å²) in [6, 6.07) is 9.47. The van der Waals surface area contributed by atoms with Crippen LogP contribution in [0.5, 0.6) is 28.7 Å². The number of nitrogens with zero attached hydrogens (tertiary/aromatic N) is 1. The molecule has 0 unspecified atom stereocenters. The smallest absolute Gasteiger partial charge is 0.231 e. The number of phenols is 1. The first-order chi connectivity index (χ1) is 13.7. The zero-order valence-electron chi connectivity index (χ0n) is 16.4. The number of benzene rings is 2. The molecule has 6 heteroatoms. The molecule has 6 nitrogen and oxygen atoms in total. The molecule has 2 aromatic rings. The molecule has 0 aromatic heterocycles. The summed E-state index contributed by atoms with van der Waals surface area (Å²) in [6.07, 6.45) is 3.38. The molecule has 0 amide bonds. The second-order valence-corrected chi connectivity index (χ2v) is 7.27. The number of fused-ring (bicyclic) bond motifs is 1. The van der Waals surface area contributed by atoms with Crippen molar-refractivity contribution in [3.8, 4) is 28.7 Å². The molecular formula is C22H27NO5. The second-order valence-electron chi connectivity index (χ2n) is 7.27. The van der Waals surface area contributed by atoms with E-state index in [9.17, 15) is 5.11 Å². The number of hydrogen-bond donors (Lipinski definition) is 1. The van der Waals surface area contributed by atoms with Crippen LogP contribution in [0.2, 0.25) is 0 Å². The summed E-state index contributed by atoms with van der Waals surface area (Å²) in [4.78, 5) is 2.48. The van der Waals surface area contributed by atoms with Crippen molar-refractivity contribution in [1.82, 2.24) is 4.90 Å². The number of likely N-dealkylation sites (tertiary alicyclic amines) is 1. The first kappa shape index (κ1) is 18.7. The summed E-state index contributed by atoms with van der Waals surface area (Å²) in [7, 11) is 3.20. The maximum absolute atomic E-state index is 10.8. The molecule has 2 heterocycles. The highest BCUT2D eigenvalue weighted by molar-refractivity contribution is 5.56. The van der Waals surface area contributed by atoms with Gasteiger partial charge in [-0.15, -0.1) is 0 Å². The third kappa shape index (κ3) is 3.69. The molecular weight excluding hydrogens is 358 g/mol. The van der Waals surface area contributed by atoms with Gasteiger partial charge in [-0.25, -0.2) is 0 Å². The van der Waals surface area contributed by atoms with E-state index in [0.717, 1.165) is 48.7 Å². The Kier molecular flexibility index (Phi) is 5.48. The van der Waals surface area contributed by atoms with Gasteiger partial charge in [-0.2, -0.15) is 0 Å². The van der Waals surface area contributed by atoms with Gasteiger partial charge >= 0.3 is 0 Å². The highest BCUT2D eigenvalue weighted by Crippen LogP contribution is 2.45. The normalized spacial score (nSPS) is 16.9. The van der Waals surface area contributed by atoms with Gasteiger partial charge < -0.3 is 29.0 Å². The summed E-state index contributed by atoms with van der Waals surface area (Å²) < 4.78 is 22.0. The van der Waals surface area contributed by atoms with Gasteiger partial charge in [0, 0.05) is 23.6 Å². The molecule has 1 atom stereocenters. The van der Waals surface area contributed by atoms with Crippen LogP contribution in [0.3, 0.4) is 0 Å². The van der Waals surface area contributed by atoms with Gasteiger partial charge in [0.25, 0.3) is 0 Å². The van der Waals surface area contributed by atoms with Gasteiger partial charge in [-0.1, -0.05) is 6.07 Å². The molecule has 28 heavy (non-hydrogen) atoms. The van der Waals surface area contributed by atoms with Gasteiger partial charge in [0.1, 0.15) is 17.2 Å². The summed E-state index contributed by atoms with van der Waals surface area (Å²) in [5, 5.41) is 10.8. The summed E-state index contributed by atoms with van der Waals surface area (Å²) in [5.74, 6) is 2.85. The van der Waals surface area contributed by atoms with Crippen molar-refractivity contribution in [2.24, 2.45) is 0 Å². The van der Waals surface area contributed by atoms with E-state index in [0.29, 0.717) is 11.5 Å². The quantitative estimate of drug-likeness (QED) is 0.783. The average molecular weight is 385 g/mol. The molecule has 0 spiro atoms. The minimum Gasteiger partial charge on any atom is -0.507 e. The van der Waals surface area contributed by atoms with Crippen molar-refractivity contribution in [2.75, 3.05) is 40.6 Å². The molecule has 1 saturated heterocycles. The zero-order chi connectivity index (χ0) is 19.5. The van der Waals surface area contributed by atoms with E-state index in [4.69, 9.17) is 18.9 Å². The standard InChI is InChI=1S/C22H27NO5/c1-25-16-12-18(24)22(21(13-16)26-2)17(7-10-23-8-3-4-9-23)15-5-6-19-20(11-15)28-14-27-19/h5-6,11-13,17,24H,3-4,7-10,14H2,1-2H3/t17-/m1/s1. The minimum atomic E-state index is -0.0315. The Morgan fingerprint density at radius 2 is 1.82 bits per heavy atom. The van der Waals surface area contributed by atoms with Crippen molar-refractivity contribution in [3.05, 3.63) is 41.5 Å². The van der Waals surface area contributed by atoms with Crippen LogP contribution in [-0.4, -0.2) is 50.7 Å². The van der Waals surface area contributed by atoms with Crippen molar-refractivity contribution in [2.45, 2.75) is 25.2 Å². The molecule has 0 saturated carbocycles. The Morgan fingerprint density at radius 1 is 1.04 bits per heavy atom. The van der Waals surface area contributed by atoms with E-state index < -0.39 is 0 Å². The van der Waals surface area contributed by atoms with E-state index in [1.807, 2.05) is 24.3 Å². The predicted molar refractivity (Wildman–Crippen MR) is 106 cm³/mol. The maximum atomic E-state index is 10.8. The molecule has 2 aliphatic heterocycles. The highest BCUT2D eigenvalue weighted by atomic mass is 16.7. The van der Waals surface area contributed by atoms with Crippen LogP contribution >= 0.6 is 0 Å². The number of rotatable bonds is 7. The van der Waals surface area contributed by atoms with Crippen LogP contribution in [0, 0.1) is 0 Å². The number of phenolic OH excluding ortho intramolecular Hbond substituents is 1. The first-order valence-corrected chi connectivity index (χ1v) is 9.76.